The molecule has 0 aliphatic heterocycles. The molecule has 1 rings (SSSR count). The summed E-state index contributed by atoms with van der Waals surface area (Å²) in [5.74, 6) is -1.88. The van der Waals surface area contributed by atoms with E-state index in [1.165, 1.54) is 0 Å². The Labute approximate surface area is 96.0 Å². The van der Waals surface area contributed by atoms with Crippen molar-refractivity contribution in [1.82, 2.24) is 16.4 Å². The molecule has 1 amide bonds. The molecule has 7 heteroatoms. The van der Waals surface area contributed by atoms with E-state index in [0.29, 0.717) is 0 Å². The highest BCUT2D eigenvalue weighted by Gasteiger charge is 2.05. The molecule has 0 bridgehead atoms. The number of thiocarbonyl (C=S) groups is 1. The minimum atomic E-state index is -0.715. The van der Waals surface area contributed by atoms with Gasteiger partial charge < -0.3 is 5.43 Å². The van der Waals surface area contributed by atoms with Crippen LogP contribution in [0.25, 0.3) is 0 Å². The summed E-state index contributed by atoms with van der Waals surface area (Å²) in [4.78, 5) is 11.2. The molecule has 4 nitrogen and oxygen atoms in total. The summed E-state index contributed by atoms with van der Waals surface area (Å²) in [6, 6.07) is 2.93. The van der Waals surface area contributed by atoms with Crippen LogP contribution in [0.15, 0.2) is 18.2 Å². The van der Waals surface area contributed by atoms with Crippen LogP contribution in [-0.2, 0) is 11.2 Å². The molecule has 0 aliphatic carbocycles. The fourth-order valence-electron chi connectivity index (χ4n) is 1.08. The Morgan fingerprint density at radius 2 is 1.94 bits per heavy atom. The van der Waals surface area contributed by atoms with Gasteiger partial charge in [0, 0.05) is 6.07 Å². The number of hydrogen-bond donors (Lipinski definition) is 3. The molecule has 0 radical (unpaired) electrons. The van der Waals surface area contributed by atoms with Crippen LogP contribution in [0.1, 0.15) is 5.56 Å². The number of hydrazine groups is 2. The topological polar surface area (TPSA) is 53.2 Å². The van der Waals surface area contributed by atoms with E-state index in [4.69, 9.17) is 0 Å². The molecule has 0 aromatic heterocycles. The molecule has 16 heavy (non-hydrogen) atoms. The van der Waals surface area contributed by atoms with Crippen molar-refractivity contribution in [3.8, 4) is 0 Å². The van der Waals surface area contributed by atoms with Gasteiger partial charge in [-0.3, -0.25) is 10.2 Å². The molecule has 1 aromatic rings. The van der Waals surface area contributed by atoms with Crippen molar-refractivity contribution in [3.05, 3.63) is 35.4 Å². The summed E-state index contributed by atoms with van der Waals surface area (Å²) < 4.78 is 25.5. The van der Waals surface area contributed by atoms with Gasteiger partial charge in [0.15, 0.2) is 0 Å². The lowest BCUT2D eigenvalue weighted by atomic mass is 10.1. The first-order valence-corrected chi connectivity index (χ1v) is 4.77. The van der Waals surface area contributed by atoms with E-state index in [0.717, 1.165) is 23.7 Å². The average Bonchev–Trinajstić information content (AvgIpc) is 2.16. The Bertz CT molecular complexity index is 380. The van der Waals surface area contributed by atoms with Crippen molar-refractivity contribution in [3.63, 3.8) is 0 Å². The number of halogens is 2. The maximum atomic E-state index is 12.8. The number of carbonyl (C=O) groups is 1. The van der Waals surface area contributed by atoms with Crippen LogP contribution >= 0.6 is 12.2 Å². The highest BCUT2D eigenvalue weighted by molar-refractivity contribution is 7.78. The number of nitrogens with one attached hydrogen (secondary N) is 3. The smallest absolute Gasteiger partial charge is 0.239 e. The summed E-state index contributed by atoms with van der Waals surface area (Å²) in [5.41, 5.74) is 8.27. The first-order chi connectivity index (χ1) is 7.61. The van der Waals surface area contributed by atoms with Crippen LogP contribution in [0.5, 0.6) is 0 Å². The zero-order valence-electron chi connectivity index (χ0n) is 8.09. The van der Waals surface area contributed by atoms with Gasteiger partial charge in [-0.2, -0.15) is 0 Å². The second-order valence-corrected chi connectivity index (χ2v) is 3.13. The third-order valence-electron chi connectivity index (χ3n) is 1.62. The van der Waals surface area contributed by atoms with E-state index in [1.54, 1.807) is 0 Å². The summed E-state index contributed by atoms with van der Waals surface area (Å²) in [6.07, 6.45) is -0.138. The fourth-order valence-corrected chi connectivity index (χ4v) is 1.14. The average molecular weight is 245 g/mol. The van der Waals surface area contributed by atoms with Crippen molar-refractivity contribution >= 4 is 23.6 Å². The number of rotatable bonds is 5. The lowest BCUT2D eigenvalue weighted by Crippen LogP contribution is -2.46. The van der Waals surface area contributed by atoms with Crippen LogP contribution in [0, 0.1) is 11.6 Å². The zero-order chi connectivity index (χ0) is 12.0. The number of benzene rings is 1. The second kappa shape index (κ2) is 6.09. The molecule has 0 fully saturated rings. The Kier molecular flexibility index (Phi) is 4.74. The van der Waals surface area contributed by atoms with E-state index in [2.05, 4.69) is 28.6 Å². The molecule has 86 valence electrons. The standard InChI is InChI=1S/C9H9F2N3OS/c10-7-1-6(2-8(11)4-7)3-9(15)13-14-12-5-16/h1-2,4-5,14H,3H2,(H,12,16)(H,13,15). The summed E-state index contributed by atoms with van der Waals surface area (Å²) >= 11 is 4.42. The molecular weight excluding hydrogens is 236 g/mol. The third kappa shape index (κ3) is 4.28. The van der Waals surface area contributed by atoms with E-state index in [1.807, 2.05) is 0 Å². The molecule has 3 N–H and O–H groups in total. The number of hydrogen-bond acceptors (Lipinski definition) is 3. The Balaban J connectivity index is 2.52. The first kappa shape index (κ1) is 12.5. The maximum Gasteiger partial charge on any atom is 0.239 e. The van der Waals surface area contributed by atoms with E-state index in [-0.39, 0.29) is 12.0 Å². The van der Waals surface area contributed by atoms with Gasteiger partial charge in [0.2, 0.25) is 5.91 Å². The predicted molar refractivity (Wildman–Crippen MR) is 58.1 cm³/mol. The molecular formula is C9H9F2N3OS. The molecule has 0 saturated carbocycles. The van der Waals surface area contributed by atoms with Gasteiger partial charge in [0.1, 0.15) is 11.6 Å². The monoisotopic (exact) mass is 245 g/mol. The van der Waals surface area contributed by atoms with Gasteiger partial charge in [-0.05, 0) is 17.7 Å². The van der Waals surface area contributed by atoms with Crippen LogP contribution in [0.2, 0.25) is 0 Å². The summed E-state index contributed by atoms with van der Waals surface area (Å²) in [6.45, 7) is 0. The second-order valence-electron chi connectivity index (χ2n) is 2.89. The Morgan fingerprint density at radius 3 is 2.50 bits per heavy atom. The zero-order valence-corrected chi connectivity index (χ0v) is 8.91. The molecule has 1 aromatic carbocycles. The van der Waals surface area contributed by atoms with Crippen LogP contribution in [-0.4, -0.2) is 11.4 Å². The highest BCUT2D eigenvalue weighted by atomic mass is 32.1. The van der Waals surface area contributed by atoms with Crippen molar-refractivity contribution < 1.29 is 13.6 Å². The summed E-state index contributed by atoms with van der Waals surface area (Å²) in [7, 11) is 0. The van der Waals surface area contributed by atoms with E-state index in [9.17, 15) is 13.6 Å². The fraction of sp³-hybridized carbons (Fsp3) is 0.111. The predicted octanol–water partition coefficient (Wildman–Crippen LogP) is 0.590. The van der Waals surface area contributed by atoms with Crippen LogP contribution in [0.3, 0.4) is 0 Å². The Morgan fingerprint density at radius 1 is 1.31 bits per heavy atom. The molecule has 0 aliphatic rings. The molecule has 0 heterocycles. The molecule has 0 unspecified atom stereocenters. The van der Waals surface area contributed by atoms with Crippen molar-refractivity contribution in [2.45, 2.75) is 6.42 Å². The minimum Gasteiger partial charge on any atom is -0.300 e. The number of carbonyl (C=O) groups excluding carboxylic acids is 1. The number of amides is 1. The van der Waals surface area contributed by atoms with Crippen LogP contribution in [0.4, 0.5) is 8.78 Å². The van der Waals surface area contributed by atoms with Gasteiger partial charge in [0.25, 0.3) is 0 Å². The Hall–Kier alpha value is -1.60. The maximum absolute atomic E-state index is 12.8. The third-order valence-corrected chi connectivity index (χ3v) is 1.74. The van der Waals surface area contributed by atoms with Gasteiger partial charge in [-0.25, -0.2) is 8.78 Å². The molecule has 0 saturated heterocycles. The highest BCUT2D eigenvalue weighted by Crippen LogP contribution is 2.08. The largest absolute Gasteiger partial charge is 0.300 e. The van der Waals surface area contributed by atoms with Gasteiger partial charge in [0.05, 0.1) is 11.9 Å². The van der Waals surface area contributed by atoms with Crippen molar-refractivity contribution in [1.29, 1.82) is 0 Å². The van der Waals surface area contributed by atoms with Gasteiger partial charge >= 0.3 is 0 Å². The minimum absolute atomic E-state index is 0.138. The van der Waals surface area contributed by atoms with Crippen molar-refractivity contribution in [2.75, 3.05) is 0 Å². The van der Waals surface area contributed by atoms with Crippen LogP contribution < -0.4 is 16.4 Å². The quantitative estimate of drug-likeness (QED) is 0.404. The molecule has 0 spiro atoms. The van der Waals surface area contributed by atoms with Gasteiger partial charge in [-0.1, -0.05) is 12.2 Å². The van der Waals surface area contributed by atoms with E-state index < -0.39 is 17.5 Å². The summed E-state index contributed by atoms with van der Waals surface area (Å²) in [5, 5.41) is 0. The SMILES string of the molecule is O=C(Cc1cc(F)cc(F)c1)NNNC=S. The van der Waals surface area contributed by atoms with Crippen molar-refractivity contribution in [2.24, 2.45) is 0 Å². The normalized spacial score (nSPS) is 9.62. The lowest BCUT2D eigenvalue weighted by Gasteiger charge is -2.06. The van der Waals surface area contributed by atoms with E-state index >= 15 is 0 Å². The molecule has 0 atom stereocenters. The lowest BCUT2D eigenvalue weighted by molar-refractivity contribution is -0.121. The first-order valence-electron chi connectivity index (χ1n) is 4.30. The van der Waals surface area contributed by atoms with Gasteiger partial charge in [-0.15, -0.1) is 5.53 Å².